The Labute approximate surface area is 121 Å². The summed E-state index contributed by atoms with van der Waals surface area (Å²) in [6.45, 7) is 1.73. The number of hydrogen-bond acceptors (Lipinski definition) is 2. The molecule has 1 aromatic heterocycles. The predicted octanol–water partition coefficient (Wildman–Crippen LogP) is 4.39. The minimum absolute atomic E-state index is 0.262. The van der Waals surface area contributed by atoms with Gasteiger partial charge in [0.05, 0.1) is 6.04 Å². The van der Waals surface area contributed by atoms with E-state index in [4.69, 9.17) is 17.3 Å². The summed E-state index contributed by atoms with van der Waals surface area (Å²) in [5.74, 6) is -0.283. The molecule has 1 aliphatic carbocycles. The lowest BCUT2D eigenvalue weighted by atomic mass is 10.0. The molecule has 0 spiro atoms. The smallest absolute Gasteiger partial charge is 0.127 e. The summed E-state index contributed by atoms with van der Waals surface area (Å²) in [6, 6.07) is 5.04. The van der Waals surface area contributed by atoms with Gasteiger partial charge in [-0.1, -0.05) is 11.6 Å². The molecule has 1 aliphatic rings. The summed E-state index contributed by atoms with van der Waals surface area (Å²) in [4.78, 5) is 2.57. The number of benzene rings is 1. The van der Waals surface area contributed by atoms with E-state index in [1.165, 1.54) is 22.9 Å². The van der Waals surface area contributed by atoms with E-state index in [2.05, 4.69) is 6.07 Å². The maximum absolute atomic E-state index is 13.4. The molecule has 0 bridgehead atoms. The molecule has 1 unspecified atom stereocenters. The SMILES string of the molecule is Cc1cc(C(N)c2cc3c(s2)CCC3)c(Cl)cc1F. The molecule has 0 fully saturated rings. The first-order chi connectivity index (χ1) is 9.06. The quantitative estimate of drug-likeness (QED) is 0.874. The van der Waals surface area contributed by atoms with E-state index in [0.29, 0.717) is 10.6 Å². The molecule has 1 atom stereocenters. The van der Waals surface area contributed by atoms with Gasteiger partial charge in [-0.3, -0.25) is 0 Å². The van der Waals surface area contributed by atoms with Crippen LogP contribution in [0.5, 0.6) is 0 Å². The highest BCUT2D eigenvalue weighted by Gasteiger charge is 2.21. The molecule has 0 radical (unpaired) electrons. The fraction of sp³-hybridized carbons (Fsp3) is 0.333. The molecule has 0 aliphatic heterocycles. The standard InChI is InChI=1S/C15H15ClFNS/c1-8-5-10(11(16)7-12(8)17)15(18)14-6-9-3-2-4-13(9)19-14/h5-7,15H,2-4,18H2,1H3. The van der Waals surface area contributed by atoms with Gasteiger partial charge in [0.25, 0.3) is 0 Å². The largest absolute Gasteiger partial charge is 0.320 e. The Balaban J connectivity index is 1.99. The van der Waals surface area contributed by atoms with E-state index in [0.717, 1.165) is 23.3 Å². The van der Waals surface area contributed by atoms with Gasteiger partial charge in [-0.15, -0.1) is 11.3 Å². The minimum Gasteiger partial charge on any atom is -0.320 e. The molecule has 19 heavy (non-hydrogen) atoms. The van der Waals surface area contributed by atoms with Crippen LogP contribution in [0.25, 0.3) is 0 Å². The normalized spacial score (nSPS) is 15.6. The summed E-state index contributed by atoms with van der Waals surface area (Å²) in [7, 11) is 0. The first kappa shape index (κ1) is 13.1. The van der Waals surface area contributed by atoms with E-state index in [-0.39, 0.29) is 11.9 Å². The van der Waals surface area contributed by atoms with Crippen molar-refractivity contribution in [1.29, 1.82) is 0 Å². The van der Waals surface area contributed by atoms with Crippen LogP contribution in [0.15, 0.2) is 18.2 Å². The summed E-state index contributed by atoms with van der Waals surface area (Å²) < 4.78 is 13.4. The van der Waals surface area contributed by atoms with Crippen LogP contribution < -0.4 is 5.73 Å². The summed E-state index contributed by atoms with van der Waals surface area (Å²) >= 11 is 7.89. The van der Waals surface area contributed by atoms with Crippen molar-refractivity contribution in [2.45, 2.75) is 32.2 Å². The van der Waals surface area contributed by atoms with Gasteiger partial charge < -0.3 is 5.73 Å². The Morgan fingerprint density at radius 1 is 1.32 bits per heavy atom. The second-order valence-corrected chi connectivity index (χ2v) is 6.63. The van der Waals surface area contributed by atoms with Crippen LogP contribution >= 0.6 is 22.9 Å². The fourth-order valence-electron chi connectivity index (χ4n) is 2.58. The molecule has 3 rings (SSSR count). The predicted molar refractivity (Wildman–Crippen MR) is 78.5 cm³/mol. The molecular weight excluding hydrogens is 281 g/mol. The number of aryl methyl sites for hydroxylation is 3. The Morgan fingerprint density at radius 3 is 2.84 bits per heavy atom. The monoisotopic (exact) mass is 295 g/mol. The van der Waals surface area contributed by atoms with Gasteiger partial charge in [0, 0.05) is 14.8 Å². The highest BCUT2D eigenvalue weighted by Crippen LogP contribution is 2.37. The van der Waals surface area contributed by atoms with Gasteiger partial charge >= 0.3 is 0 Å². The zero-order valence-electron chi connectivity index (χ0n) is 10.7. The molecule has 2 aromatic rings. The average Bonchev–Trinajstić information content (AvgIpc) is 2.93. The number of halogens is 2. The maximum Gasteiger partial charge on any atom is 0.127 e. The van der Waals surface area contributed by atoms with Gasteiger partial charge in [-0.05, 0) is 61.1 Å². The highest BCUT2D eigenvalue weighted by molar-refractivity contribution is 7.12. The first-order valence-corrected chi connectivity index (χ1v) is 7.58. The van der Waals surface area contributed by atoms with Gasteiger partial charge in [0.15, 0.2) is 0 Å². The lowest BCUT2D eigenvalue weighted by Crippen LogP contribution is -2.11. The van der Waals surface area contributed by atoms with Crippen LogP contribution in [-0.2, 0) is 12.8 Å². The van der Waals surface area contributed by atoms with E-state index in [1.54, 1.807) is 24.3 Å². The van der Waals surface area contributed by atoms with Crippen LogP contribution in [-0.4, -0.2) is 0 Å². The first-order valence-electron chi connectivity index (χ1n) is 6.39. The number of rotatable bonds is 2. The molecule has 0 saturated carbocycles. The fourth-order valence-corrected chi connectivity index (χ4v) is 4.12. The average molecular weight is 296 g/mol. The van der Waals surface area contributed by atoms with Crippen LogP contribution in [0.3, 0.4) is 0 Å². The van der Waals surface area contributed by atoms with Crippen molar-refractivity contribution < 1.29 is 4.39 Å². The highest BCUT2D eigenvalue weighted by atomic mass is 35.5. The third-order valence-electron chi connectivity index (χ3n) is 3.69. The lowest BCUT2D eigenvalue weighted by molar-refractivity contribution is 0.617. The molecule has 1 aromatic carbocycles. The van der Waals surface area contributed by atoms with E-state index >= 15 is 0 Å². The second kappa shape index (κ2) is 4.89. The minimum atomic E-state index is -0.283. The number of hydrogen-bond donors (Lipinski definition) is 1. The maximum atomic E-state index is 13.4. The number of fused-ring (bicyclic) bond motifs is 1. The van der Waals surface area contributed by atoms with Gasteiger partial charge in [0.2, 0.25) is 0 Å². The van der Waals surface area contributed by atoms with Crippen molar-refractivity contribution in [3.8, 4) is 0 Å². The van der Waals surface area contributed by atoms with Crippen LogP contribution in [0.2, 0.25) is 5.02 Å². The molecule has 2 N–H and O–H groups in total. The molecule has 0 amide bonds. The molecule has 1 heterocycles. The summed E-state index contributed by atoms with van der Waals surface area (Å²) in [6.07, 6.45) is 3.55. The van der Waals surface area contributed by atoms with Crippen molar-refractivity contribution in [2.75, 3.05) is 0 Å². The van der Waals surface area contributed by atoms with Crippen molar-refractivity contribution in [3.05, 3.63) is 55.5 Å². The van der Waals surface area contributed by atoms with Crippen molar-refractivity contribution in [3.63, 3.8) is 0 Å². The molecule has 1 nitrogen and oxygen atoms in total. The van der Waals surface area contributed by atoms with E-state index < -0.39 is 0 Å². The lowest BCUT2D eigenvalue weighted by Gasteiger charge is -2.13. The Kier molecular flexibility index (Phi) is 3.37. The zero-order valence-corrected chi connectivity index (χ0v) is 12.2. The molecule has 4 heteroatoms. The topological polar surface area (TPSA) is 26.0 Å². The third kappa shape index (κ3) is 2.31. The van der Waals surface area contributed by atoms with Crippen molar-refractivity contribution >= 4 is 22.9 Å². The van der Waals surface area contributed by atoms with Crippen molar-refractivity contribution in [2.24, 2.45) is 5.73 Å². The Hall–Kier alpha value is -0.900. The second-order valence-electron chi connectivity index (χ2n) is 5.05. The van der Waals surface area contributed by atoms with Gasteiger partial charge in [-0.25, -0.2) is 4.39 Å². The Bertz CT molecular complexity index is 614. The Morgan fingerprint density at radius 2 is 2.11 bits per heavy atom. The molecule has 0 saturated heterocycles. The van der Waals surface area contributed by atoms with E-state index in [9.17, 15) is 4.39 Å². The van der Waals surface area contributed by atoms with Crippen LogP contribution in [0, 0.1) is 12.7 Å². The van der Waals surface area contributed by atoms with Crippen LogP contribution in [0.4, 0.5) is 4.39 Å². The van der Waals surface area contributed by atoms with Gasteiger partial charge in [-0.2, -0.15) is 0 Å². The number of thiophene rings is 1. The van der Waals surface area contributed by atoms with Crippen LogP contribution in [0.1, 0.15) is 38.9 Å². The number of nitrogens with two attached hydrogens (primary N) is 1. The van der Waals surface area contributed by atoms with Gasteiger partial charge in [0.1, 0.15) is 5.82 Å². The molecule has 100 valence electrons. The van der Waals surface area contributed by atoms with E-state index in [1.807, 2.05) is 0 Å². The van der Waals surface area contributed by atoms with Crippen molar-refractivity contribution in [1.82, 2.24) is 0 Å². The zero-order chi connectivity index (χ0) is 13.6. The third-order valence-corrected chi connectivity index (χ3v) is 5.33. The summed E-state index contributed by atoms with van der Waals surface area (Å²) in [5, 5.41) is 0.407. The summed E-state index contributed by atoms with van der Waals surface area (Å²) in [5.41, 5.74) is 9.11. The molecular formula is C15H15ClFNS.